The van der Waals surface area contributed by atoms with Crippen LogP contribution in [0.1, 0.15) is 20.8 Å². The Morgan fingerprint density at radius 3 is 2.46 bits per heavy atom. The number of nitrogens with zero attached hydrogens (tertiary/aromatic N) is 1. The van der Waals surface area contributed by atoms with Crippen molar-refractivity contribution < 1.29 is 0 Å². The Hall–Kier alpha value is -1.08. The van der Waals surface area contributed by atoms with E-state index in [1.165, 1.54) is 0 Å². The van der Waals surface area contributed by atoms with E-state index in [0.717, 1.165) is 12.2 Å². The van der Waals surface area contributed by atoms with E-state index in [4.69, 9.17) is 23.2 Å². The lowest BCUT2D eigenvalue weighted by atomic mass is 10.2. The summed E-state index contributed by atoms with van der Waals surface area (Å²) in [6.45, 7) is 6.81. The fourth-order valence-electron chi connectivity index (χ4n) is 0.769. The third kappa shape index (κ3) is 4.48. The van der Waals surface area contributed by atoms with Crippen molar-refractivity contribution in [1.29, 1.82) is 5.26 Å². The molecule has 4 heteroatoms. The zero-order chi connectivity index (χ0) is 10.4. The molecule has 0 aliphatic rings. The monoisotopic (exact) mass is 197 g/mol. The molecule has 0 spiro atoms. The van der Waals surface area contributed by atoms with Gasteiger partial charge in [-0.1, -0.05) is 26.1 Å². The first kappa shape index (κ1) is 11.9. The van der Waals surface area contributed by atoms with E-state index in [2.05, 4.69) is 19.2 Å². The van der Waals surface area contributed by atoms with Crippen molar-refractivity contribution in [3.8, 4) is 6.07 Å². The van der Waals surface area contributed by atoms with Crippen LogP contribution < -0.4 is 11.1 Å². The molecule has 0 aliphatic carbocycles. The first-order chi connectivity index (χ1) is 5.99. The molecule has 0 amide bonds. The molecule has 13 heavy (non-hydrogen) atoms. The number of hydrogen-bond donors (Lipinski definition) is 2. The van der Waals surface area contributed by atoms with E-state index in [0.29, 0.717) is 11.5 Å². The topological polar surface area (TPSA) is 61.8 Å². The molecule has 0 aromatic carbocycles. The Morgan fingerprint density at radius 2 is 2.15 bits per heavy atom. The molecule has 3 nitrogen and oxygen atoms in total. The van der Waals surface area contributed by atoms with Gasteiger partial charge in [0.15, 0.2) is 0 Å². The largest absolute Gasteiger partial charge is 0.389 e. The molecule has 72 valence electrons. The molecule has 0 radical (unpaired) electrons. The normalized spacial score (nSPS) is 11.9. The average molecular weight is 197 g/mol. The average Bonchev–Trinajstić information content (AvgIpc) is 2.01. The van der Waals surface area contributed by atoms with Crippen molar-refractivity contribution in [1.82, 2.24) is 5.32 Å². The lowest BCUT2D eigenvalue weighted by Crippen LogP contribution is -2.22. The van der Waals surface area contributed by atoms with E-state index in [-0.39, 0.29) is 4.99 Å². The summed E-state index contributed by atoms with van der Waals surface area (Å²) in [6, 6.07) is 1.98. The number of nitrogens with one attached hydrogen (secondary N) is 1. The first-order valence-corrected chi connectivity index (χ1v) is 4.54. The van der Waals surface area contributed by atoms with E-state index in [1.807, 2.05) is 6.07 Å². The molecule has 0 unspecified atom stereocenters. The van der Waals surface area contributed by atoms with Gasteiger partial charge in [0, 0.05) is 12.2 Å². The summed E-state index contributed by atoms with van der Waals surface area (Å²) < 4.78 is 0. The minimum atomic E-state index is 0.149. The Balaban J connectivity index is 4.42. The van der Waals surface area contributed by atoms with Gasteiger partial charge in [0.1, 0.15) is 16.6 Å². The van der Waals surface area contributed by atoms with Crippen molar-refractivity contribution in [2.45, 2.75) is 20.8 Å². The highest BCUT2D eigenvalue weighted by molar-refractivity contribution is 7.80. The van der Waals surface area contributed by atoms with Crippen molar-refractivity contribution in [2.24, 2.45) is 11.7 Å². The molecule has 0 rings (SSSR count). The van der Waals surface area contributed by atoms with Gasteiger partial charge >= 0.3 is 0 Å². The summed E-state index contributed by atoms with van der Waals surface area (Å²) in [5.41, 5.74) is 6.49. The molecule has 0 saturated heterocycles. The van der Waals surface area contributed by atoms with E-state index in [9.17, 15) is 0 Å². The van der Waals surface area contributed by atoms with Crippen LogP contribution >= 0.6 is 12.2 Å². The molecule has 0 aromatic heterocycles. The highest BCUT2D eigenvalue weighted by atomic mass is 32.1. The Bertz CT molecular complexity index is 261. The second-order valence-electron chi connectivity index (χ2n) is 3.25. The first-order valence-electron chi connectivity index (χ1n) is 4.13. The summed E-state index contributed by atoms with van der Waals surface area (Å²) in [6.07, 6.45) is 0. The van der Waals surface area contributed by atoms with Crippen LogP contribution in [-0.4, -0.2) is 11.5 Å². The van der Waals surface area contributed by atoms with Crippen molar-refractivity contribution in [3.63, 3.8) is 0 Å². The van der Waals surface area contributed by atoms with E-state index < -0.39 is 0 Å². The highest BCUT2D eigenvalue weighted by Crippen LogP contribution is 2.01. The van der Waals surface area contributed by atoms with Crippen LogP contribution in [0.4, 0.5) is 0 Å². The number of nitrogens with two attached hydrogens (primary N) is 1. The van der Waals surface area contributed by atoms with Gasteiger partial charge in [-0.2, -0.15) is 5.26 Å². The molecule has 0 saturated carbocycles. The molecule has 0 bridgehead atoms. The molecule has 0 aliphatic heterocycles. The van der Waals surface area contributed by atoms with Gasteiger partial charge in [-0.25, -0.2) is 0 Å². The maximum absolute atomic E-state index is 8.72. The van der Waals surface area contributed by atoms with Crippen LogP contribution in [0.5, 0.6) is 0 Å². The van der Waals surface area contributed by atoms with Crippen LogP contribution in [0.25, 0.3) is 0 Å². The second-order valence-corrected chi connectivity index (χ2v) is 3.69. The zero-order valence-electron chi connectivity index (χ0n) is 8.22. The quantitative estimate of drug-likeness (QED) is 0.405. The molecule has 0 fully saturated rings. The van der Waals surface area contributed by atoms with Gasteiger partial charge in [0.25, 0.3) is 0 Å². The minimum Gasteiger partial charge on any atom is -0.389 e. The smallest absolute Gasteiger partial charge is 0.116 e. The van der Waals surface area contributed by atoms with Gasteiger partial charge in [-0.3, -0.25) is 0 Å². The molecular formula is C9H15N3S. The molecule has 3 N–H and O–H groups in total. The van der Waals surface area contributed by atoms with Crippen LogP contribution in [0.2, 0.25) is 0 Å². The molecule has 0 atom stereocenters. The van der Waals surface area contributed by atoms with Gasteiger partial charge in [0.2, 0.25) is 0 Å². The minimum absolute atomic E-state index is 0.149. The standard InChI is InChI=1S/C9H15N3S/c1-6(2)5-12-7(3)8(4-10)9(11)13/h6,12H,5H2,1-3H3,(H2,11,13)/b8-7-. The van der Waals surface area contributed by atoms with Crippen LogP contribution in [0.3, 0.4) is 0 Å². The predicted octanol–water partition coefficient (Wildman–Crippen LogP) is 1.32. The van der Waals surface area contributed by atoms with E-state index >= 15 is 0 Å². The van der Waals surface area contributed by atoms with Crippen molar-refractivity contribution in [3.05, 3.63) is 11.3 Å². The maximum atomic E-state index is 8.72. The summed E-state index contributed by atoms with van der Waals surface area (Å²) in [4.78, 5) is 0.149. The number of nitriles is 1. The predicted molar refractivity (Wildman–Crippen MR) is 57.9 cm³/mol. The van der Waals surface area contributed by atoms with Gasteiger partial charge in [-0.05, 0) is 12.8 Å². The Labute approximate surface area is 84.6 Å². The SMILES string of the molecule is C/C(NCC(C)C)=C(\C#N)C(N)=S. The summed E-state index contributed by atoms with van der Waals surface area (Å²) in [7, 11) is 0. The third-order valence-corrected chi connectivity index (χ3v) is 1.71. The Kier molecular flexibility index (Phi) is 5.09. The van der Waals surface area contributed by atoms with Crippen LogP contribution in [0.15, 0.2) is 11.3 Å². The lowest BCUT2D eigenvalue weighted by Gasteiger charge is -2.10. The number of rotatable bonds is 4. The van der Waals surface area contributed by atoms with Gasteiger partial charge in [0.05, 0.1) is 0 Å². The molecule has 0 aromatic rings. The zero-order valence-corrected chi connectivity index (χ0v) is 9.03. The summed E-state index contributed by atoms with van der Waals surface area (Å²) >= 11 is 4.73. The number of hydrogen-bond acceptors (Lipinski definition) is 3. The molecule has 0 heterocycles. The van der Waals surface area contributed by atoms with Crippen molar-refractivity contribution in [2.75, 3.05) is 6.54 Å². The van der Waals surface area contributed by atoms with Crippen molar-refractivity contribution >= 4 is 17.2 Å². The number of allylic oxidation sites excluding steroid dienone is 1. The molecular weight excluding hydrogens is 182 g/mol. The summed E-state index contributed by atoms with van der Waals surface area (Å²) in [5.74, 6) is 0.529. The Morgan fingerprint density at radius 1 is 1.62 bits per heavy atom. The maximum Gasteiger partial charge on any atom is 0.116 e. The second kappa shape index (κ2) is 5.55. The fraction of sp³-hybridized carbons (Fsp3) is 0.556. The summed E-state index contributed by atoms with van der Waals surface area (Å²) in [5, 5.41) is 11.8. The fourth-order valence-corrected chi connectivity index (χ4v) is 0.968. The number of thiocarbonyl (C=S) groups is 1. The lowest BCUT2D eigenvalue weighted by molar-refractivity contribution is 0.596. The van der Waals surface area contributed by atoms with Crippen LogP contribution in [0, 0.1) is 17.2 Å². The van der Waals surface area contributed by atoms with Crippen LogP contribution in [-0.2, 0) is 0 Å². The van der Waals surface area contributed by atoms with Gasteiger partial charge in [-0.15, -0.1) is 0 Å². The highest BCUT2D eigenvalue weighted by Gasteiger charge is 2.04. The van der Waals surface area contributed by atoms with E-state index in [1.54, 1.807) is 6.92 Å². The van der Waals surface area contributed by atoms with Gasteiger partial charge < -0.3 is 11.1 Å². The third-order valence-electron chi connectivity index (χ3n) is 1.51.